The van der Waals surface area contributed by atoms with Gasteiger partial charge >= 0.3 is 5.97 Å². The summed E-state index contributed by atoms with van der Waals surface area (Å²) in [6.07, 6.45) is 0.611. The lowest BCUT2D eigenvalue weighted by molar-refractivity contribution is -0.128. The number of hydrogen-bond acceptors (Lipinski definition) is 4. The fourth-order valence-corrected chi connectivity index (χ4v) is 2.06. The van der Waals surface area contributed by atoms with Gasteiger partial charge in [-0.15, -0.1) is 6.58 Å². The number of rotatable bonds is 8. The highest BCUT2D eigenvalue weighted by Crippen LogP contribution is 2.17. The van der Waals surface area contributed by atoms with Gasteiger partial charge in [0.2, 0.25) is 0 Å². The summed E-state index contributed by atoms with van der Waals surface area (Å²) in [5.74, 6) is -0.877. The lowest BCUT2D eigenvalue weighted by atomic mass is 10.2. The van der Waals surface area contributed by atoms with Crippen LogP contribution in [0.3, 0.4) is 0 Å². The molecule has 0 unspecified atom stereocenters. The van der Waals surface area contributed by atoms with Crippen LogP contribution in [0.25, 0.3) is 0 Å². The van der Waals surface area contributed by atoms with Crippen LogP contribution in [-0.4, -0.2) is 24.5 Å². The Morgan fingerprint density at radius 2 is 1.96 bits per heavy atom. The fourth-order valence-electron chi connectivity index (χ4n) is 2.06. The minimum atomic E-state index is -0.925. The molecule has 2 rings (SSSR count). The monoisotopic (exact) mass is 357 g/mol. The Balaban J connectivity index is 1.94. The number of carbonyl (C=O) groups is 2. The van der Waals surface area contributed by atoms with E-state index in [0.29, 0.717) is 12.3 Å². The van der Waals surface area contributed by atoms with Crippen LogP contribution in [0.15, 0.2) is 61.2 Å². The quantitative estimate of drug-likeness (QED) is 0.582. The van der Waals surface area contributed by atoms with Gasteiger partial charge in [0, 0.05) is 6.54 Å². The van der Waals surface area contributed by atoms with E-state index in [1.165, 1.54) is 31.2 Å². The molecule has 136 valence electrons. The van der Waals surface area contributed by atoms with E-state index in [4.69, 9.17) is 9.47 Å². The Morgan fingerprint density at radius 1 is 1.23 bits per heavy atom. The van der Waals surface area contributed by atoms with Crippen LogP contribution < -0.4 is 10.1 Å². The number of amides is 1. The van der Waals surface area contributed by atoms with E-state index in [1.807, 2.05) is 0 Å². The predicted octanol–water partition coefficient (Wildman–Crippen LogP) is 3.25. The molecule has 0 fully saturated rings. The normalized spacial score (nSPS) is 11.3. The zero-order valence-corrected chi connectivity index (χ0v) is 14.4. The van der Waals surface area contributed by atoms with Crippen molar-refractivity contribution in [3.63, 3.8) is 0 Å². The second-order valence-corrected chi connectivity index (χ2v) is 5.52. The molecule has 1 N–H and O–H groups in total. The Labute approximate surface area is 151 Å². The van der Waals surface area contributed by atoms with Gasteiger partial charge in [0.15, 0.2) is 6.10 Å². The summed E-state index contributed by atoms with van der Waals surface area (Å²) < 4.78 is 23.6. The minimum absolute atomic E-state index is 0.235. The molecule has 0 radical (unpaired) electrons. The first-order valence-electron chi connectivity index (χ1n) is 8.06. The molecule has 5 nitrogen and oxygen atoms in total. The van der Waals surface area contributed by atoms with Crippen molar-refractivity contribution >= 4 is 11.9 Å². The fraction of sp³-hybridized carbons (Fsp3) is 0.200. The van der Waals surface area contributed by atoms with E-state index in [1.54, 1.807) is 30.3 Å². The molecule has 26 heavy (non-hydrogen) atoms. The summed E-state index contributed by atoms with van der Waals surface area (Å²) in [5.41, 5.74) is 1.07. The molecule has 0 aliphatic rings. The highest BCUT2D eigenvalue weighted by Gasteiger charge is 2.18. The number of hydrogen-bond donors (Lipinski definition) is 1. The van der Waals surface area contributed by atoms with E-state index in [-0.39, 0.29) is 18.0 Å². The molecule has 0 saturated heterocycles. The standard InChI is InChI=1S/C20H20FNO4/c1-3-11-22-19(23)14(2)26-20(24)16-5-4-6-18(12-16)25-13-15-7-9-17(21)10-8-15/h3-10,12,14H,1,11,13H2,2H3,(H,22,23)/t14-/m0/s1. The summed E-state index contributed by atoms with van der Waals surface area (Å²) in [5, 5.41) is 2.56. The second kappa shape index (κ2) is 9.36. The Hall–Kier alpha value is -3.15. The topological polar surface area (TPSA) is 64.6 Å². The second-order valence-electron chi connectivity index (χ2n) is 5.52. The molecule has 0 aromatic heterocycles. The van der Waals surface area contributed by atoms with Crippen molar-refractivity contribution in [2.24, 2.45) is 0 Å². The lowest BCUT2D eigenvalue weighted by Gasteiger charge is -2.13. The van der Waals surface area contributed by atoms with E-state index >= 15 is 0 Å². The predicted molar refractivity (Wildman–Crippen MR) is 95.3 cm³/mol. The van der Waals surface area contributed by atoms with Crippen LogP contribution in [0.2, 0.25) is 0 Å². The van der Waals surface area contributed by atoms with Crippen molar-refractivity contribution in [2.45, 2.75) is 19.6 Å². The molecule has 6 heteroatoms. The van der Waals surface area contributed by atoms with Crippen LogP contribution in [0.1, 0.15) is 22.8 Å². The van der Waals surface area contributed by atoms with Gasteiger partial charge in [-0.1, -0.05) is 24.3 Å². The number of ether oxygens (including phenoxy) is 2. The number of nitrogens with one attached hydrogen (secondary N) is 1. The first-order chi connectivity index (χ1) is 12.5. The van der Waals surface area contributed by atoms with Gasteiger partial charge in [0.1, 0.15) is 18.2 Å². The van der Waals surface area contributed by atoms with Crippen molar-refractivity contribution in [3.8, 4) is 5.75 Å². The molecular weight excluding hydrogens is 337 g/mol. The zero-order chi connectivity index (χ0) is 18.9. The van der Waals surface area contributed by atoms with Gasteiger partial charge in [0.25, 0.3) is 5.91 Å². The minimum Gasteiger partial charge on any atom is -0.489 e. The van der Waals surface area contributed by atoms with Gasteiger partial charge in [-0.3, -0.25) is 4.79 Å². The summed E-state index contributed by atoms with van der Waals surface area (Å²) in [6.45, 7) is 5.52. The highest BCUT2D eigenvalue weighted by molar-refractivity contribution is 5.92. The first-order valence-corrected chi connectivity index (χ1v) is 8.06. The van der Waals surface area contributed by atoms with E-state index < -0.39 is 18.0 Å². The summed E-state index contributed by atoms with van der Waals surface area (Å²) in [4.78, 5) is 23.9. The van der Waals surface area contributed by atoms with Crippen LogP contribution in [0.5, 0.6) is 5.75 Å². The third-order valence-corrected chi connectivity index (χ3v) is 3.46. The average Bonchev–Trinajstić information content (AvgIpc) is 2.65. The van der Waals surface area contributed by atoms with Crippen molar-refractivity contribution in [1.82, 2.24) is 5.32 Å². The zero-order valence-electron chi connectivity index (χ0n) is 14.4. The van der Waals surface area contributed by atoms with Crippen molar-refractivity contribution in [3.05, 3.63) is 78.1 Å². The Bertz CT molecular complexity index is 774. The molecule has 1 atom stereocenters. The summed E-state index contributed by atoms with van der Waals surface area (Å²) >= 11 is 0. The smallest absolute Gasteiger partial charge is 0.339 e. The van der Waals surface area contributed by atoms with Crippen molar-refractivity contribution in [2.75, 3.05) is 6.54 Å². The molecule has 0 saturated carbocycles. The number of esters is 1. The largest absolute Gasteiger partial charge is 0.489 e. The Kier molecular flexibility index (Phi) is 6.91. The van der Waals surface area contributed by atoms with Gasteiger partial charge in [-0.25, -0.2) is 9.18 Å². The van der Waals surface area contributed by atoms with Gasteiger partial charge < -0.3 is 14.8 Å². The third kappa shape index (κ3) is 5.73. The third-order valence-electron chi connectivity index (χ3n) is 3.46. The molecule has 0 bridgehead atoms. The van der Waals surface area contributed by atoms with Gasteiger partial charge in [-0.05, 0) is 42.8 Å². The maximum absolute atomic E-state index is 12.9. The van der Waals surface area contributed by atoms with Crippen molar-refractivity contribution < 1.29 is 23.5 Å². The van der Waals surface area contributed by atoms with Crippen LogP contribution in [-0.2, 0) is 16.1 Å². The maximum atomic E-state index is 12.9. The molecule has 0 aliphatic heterocycles. The number of benzene rings is 2. The van der Waals surface area contributed by atoms with Gasteiger partial charge in [-0.2, -0.15) is 0 Å². The molecular formula is C20H20FNO4. The van der Waals surface area contributed by atoms with Crippen LogP contribution in [0, 0.1) is 5.82 Å². The van der Waals surface area contributed by atoms with Crippen molar-refractivity contribution in [1.29, 1.82) is 0 Å². The summed E-state index contributed by atoms with van der Waals surface area (Å²) in [6, 6.07) is 12.4. The summed E-state index contributed by atoms with van der Waals surface area (Å²) in [7, 11) is 0. The lowest BCUT2D eigenvalue weighted by Crippen LogP contribution is -2.35. The van der Waals surface area contributed by atoms with E-state index in [2.05, 4.69) is 11.9 Å². The SMILES string of the molecule is C=CCNC(=O)[C@H](C)OC(=O)c1cccc(OCc2ccc(F)cc2)c1. The Morgan fingerprint density at radius 3 is 2.65 bits per heavy atom. The molecule has 1 amide bonds. The molecule has 2 aromatic rings. The molecule has 2 aromatic carbocycles. The molecule has 0 spiro atoms. The highest BCUT2D eigenvalue weighted by atomic mass is 19.1. The molecule has 0 aliphatic carbocycles. The van der Waals surface area contributed by atoms with Gasteiger partial charge in [0.05, 0.1) is 5.56 Å². The molecule has 0 heterocycles. The maximum Gasteiger partial charge on any atom is 0.339 e. The van der Waals surface area contributed by atoms with E-state index in [0.717, 1.165) is 5.56 Å². The van der Waals surface area contributed by atoms with Crippen LogP contribution >= 0.6 is 0 Å². The van der Waals surface area contributed by atoms with Crippen LogP contribution in [0.4, 0.5) is 4.39 Å². The number of halogens is 1. The number of carbonyl (C=O) groups excluding carboxylic acids is 2. The average molecular weight is 357 g/mol. The first kappa shape index (κ1) is 19.2. The van der Waals surface area contributed by atoms with E-state index in [9.17, 15) is 14.0 Å².